The minimum absolute atomic E-state index is 0.151. The van der Waals surface area contributed by atoms with E-state index in [1.165, 1.54) is 22.9 Å². The van der Waals surface area contributed by atoms with Gasteiger partial charge in [-0.15, -0.1) is 0 Å². The first-order valence-corrected chi connectivity index (χ1v) is 12.0. The van der Waals surface area contributed by atoms with Crippen LogP contribution in [-0.2, 0) is 6.54 Å². The second-order valence-electron chi connectivity index (χ2n) is 8.92. The molecule has 1 fully saturated rings. The van der Waals surface area contributed by atoms with Crippen molar-refractivity contribution in [2.24, 2.45) is 0 Å². The van der Waals surface area contributed by atoms with Crippen molar-refractivity contribution >= 4 is 11.7 Å². The molecule has 2 heterocycles. The molecular weight excluding hydrogens is 466 g/mol. The molecule has 0 aliphatic carbocycles. The summed E-state index contributed by atoms with van der Waals surface area (Å²) in [6.07, 6.45) is 0.875. The van der Waals surface area contributed by atoms with Crippen molar-refractivity contribution in [3.05, 3.63) is 82.1 Å². The van der Waals surface area contributed by atoms with Crippen molar-refractivity contribution < 1.29 is 13.6 Å². The fraction of sp³-hybridized carbons (Fsp3) is 0.346. The fourth-order valence-electron chi connectivity index (χ4n) is 4.04. The Morgan fingerprint density at radius 2 is 1.81 bits per heavy atom. The molecule has 3 aromatic rings. The molecule has 1 aromatic heterocycles. The molecule has 0 spiro atoms. The Labute approximate surface area is 208 Å². The van der Waals surface area contributed by atoms with E-state index in [0.717, 1.165) is 56.8 Å². The highest BCUT2D eigenvalue weighted by atomic mass is 19.2. The highest BCUT2D eigenvalue weighted by Gasteiger charge is 2.13. The van der Waals surface area contributed by atoms with Crippen LogP contribution in [0.25, 0.3) is 11.3 Å². The Balaban J connectivity index is 1.32. The maximum atomic E-state index is 13.6. The molecule has 0 atom stereocenters. The van der Waals surface area contributed by atoms with E-state index in [9.17, 15) is 18.4 Å². The van der Waals surface area contributed by atoms with Gasteiger partial charge in [-0.25, -0.2) is 18.3 Å². The minimum atomic E-state index is -0.983. The quantitative estimate of drug-likeness (QED) is 0.469. The number of carbonyl (C=O) groups is 1. The van der Waals surface area contributed by atoms with Gasteiger partial charge in [-0.2, -0.15) is 5.10 Å². The molecule has 0 radical (unpaired) electrons. The first kappa shape index (κ1) is 25.5. The van der Waals surface area contributed by atoms with Crippen LogP contribution in [0.15, 0.2) is 59.4 Å². The van der Waals surface area contributed by atoms with Gasteiger partial charge in [0.15, 0.2) is 11.6 Å². The molecule has 4 rings (SSSR count). The molecule has 0 saturated carbocycles. The maximum absolute atomic E-state index is 13.6. The van der Waals surface area contributed by atoms with Crippen molar-refractivity contribution in [2.45, 2.75) is 13.0 Å². The van der Waals surface area contributed by atoms with Crippen molar-refractivity contribution in [3.63, 3.8) is 0 Å². The number of rotatable bonds is 8. The Morgan fingerprint density at radius 1 is 1.00 bits per heavy atom. The highest BCUT2D eigenvalue weighted by Crippen LogP contribution is 2.19. The summed E-state index contributed by atoms with van der Waals surface area (Å²) in [6.45, 7) is 5.93. The van der Waals surface area contributed by atoms with Gasteiger partial charge >= 0.3 is 6.03 Å². The van der Waals surface area contributed by atoms with E-state index >= 15 is 0 Å². The van der Waals surface area contributed by atoms with E-state index in [-0.39, 0.29) is 18.1 Å². The van der Waals surface area contributed by atoms with Gasteiger partial charge in [0.1, 0.15) is 0 Å². The number of urea groups is 1. The molecule has 1 aliphatic rings. The van der Waals surface area contributed by atoms with Crippen molar-refractivity contribution in [3.8, 4) is 11.3 Å². The monoisotopic (exact) mass is 496 g/mol. The van der Waals surface area contributed by atoms with Gasteiger partial charge in [-0.3, -0.25) is 4.79 Å². The predicted octanol–water partition coefficient (Wildman–Crippen LogP) is 3.00. The van der Waals surface area contributed by atoms with Crippen molar-refractivity contribution in [1.29, 1.82) is 0 Å². The van der Waals surface area contributed by atoms with Gasteiger partial charge in [0.2, 0.25) is 0 Å². The Kier molecular flexibility index (Phi) is 8.40. The van der Waals surface area contributed by atoms with Gasteiger partial charge in [-0.1, -0.05) is 12.1 Å². The molecule has 1 saturated heterocycles. The molecule has 0 unspecified atom stereocenters. The molecule has 10 heteroatoms. The molecule has 1 aliphatic heterocycles. The standard InChI is InChI=1S/C26H30F2N6O2/c1-32-12-14-33(15-13-32)11-3-10-29-26(36)30-21-5-2-4-19(16-21)18-34-25(35)9-8-24(31-34)20-6-7-22(27)23(28)17-20/h2,4-9,16-17H,3,10-15,18H2,1H3,(H2,29,30,36). The van der Waals surface area contributed by atoms with Gasteiger partial charge in [-0.05, 0) is 62.0 Å². The summed E-state index contributed by atoms with van der Waals surface area (Å²) in [5.41, 5.74) is 1.72. The second kappa shape index (κ2) is 11.9. The number of benzene rings is 2. The molecule has 2 N–H and O–H groups in total. The van der Waals surface area contributed by atoms with E-state index in [2.05, 4.69) is 32.6 Å². The van der Waals surface area contributed by atoms with Gasteiger partial charge in [0.25, 0.3) is 5.56 Å². The largest absolute Gasteiger partial charge is 0.338 e. The third-order valence-electron chi connectivity index (χ3n) is 6.13. The summed E-state index contributed by atoms with van der Waals surface area (Å²) in [7, 11) is 2.13. The van der Waals surface area contributed by atoms with Crippen LogP contribution in [0.4, 0.5) is 19.3 Å². The van der Waals surface area contributed by atoms with E-state index in [0.29, 0.717) is 23.5 Å². The van der Waals surface area contributed by atoms with Gasteiger partial charge in [0.05, 0.1) is 12.2 Å². The number of nitrogens with zero attached hydrogens (tertiary/aromatic N) is 4. The molecule has 0 bridgehead atoms. The first-order valence-electron chi connectivity index (χ1n) is 12.0. The summed E-state index contributed by atoms with van der Waals surface area (Å²) in [5, 5.41) is 10.0. The molecule has 36 heavy (non-hydrogen) atoms. The van der Waals surface area contributed by atoms with Crippen LogP contribution in [0.1, 0.15) is 12.0 Å². The topological polar surface area (TPSA) is 82.5 Å². The molecule has 8 nitrogen and oxygen atoms in total. The van der Waals surface area contributed by atoms with Crippen LogP contribution in [0.5, 0.6) is 0 Å². The predicted molar refractivity (Wildman–Crippen MR) is 135 cm³/mol. The summed E-state index contributed by atoms with van der Waals surface area (Å²) >= 11 is 0. The lowest BCUT2D eigenvalue weighted by molar-refractivity contribution is 0.153. The fourth-order valence-corrected chi connectivity index (χ4v) is 4.04. The third-order valence-corrected chi connectivity index (χ3v) is 6.13. The minimum Gasteiger partial charge on any atom is -0.338 e. The smallest absolute Gasteiger partial charge is 0.319 e. The lowest BCUT2D eigenvalue weighted by Gasteiger charge is -2.32. The Bertz CT molecular complexity index is 1260. The normalized spacial score (nSPS) is 14.5. The summed E-state index contributed by atoms with van der Waals surface area (Å²) in [4.78, 5) is 29.4. The number of likely N-dealkylation sites (N-methyl/N-ethyl adjacent to an activating group) is 1. The molecule has 190 valence electrons. The first-order chi connectivity index (χ1) is 17.4. The van der Waals surface area contributed by atoms with E-state index in [4.69, 9.17) is 0 Å². The van der Waals surface area contributed by atoms with E-state index < -0.39 is 11.6 Å². The lowest BCUT2D eigenvalue weighted by Crippen LogP contribution is -2.45. The van der Waals surface area contributed by atoms with Crippen LogP contribution in [0.2, 0.25) is 0 Å². The number of piperazine rings is 1. The molecule has 2 aromatic carbocycles. The Hall–Kier alpha value is -3.63. The van der Waals surface area contributed by atoms with Crippen molar-refractivity contribution in [2.75, 3.05) is 51.6 Å². The summed E-state index contributed by atoms with van der Waals surface area (Å²) in [5.74, 6) is -1.93. The number of carbonyl (C=O) groups excluding carboxylic acids is 1. The number of aromatic nitrogens is 2. The Morgan fingerprint density at radius 3 is 2.58 bits per heavy atom. The average molecular weight is 497 g/mol. The summed E-state index contributed by atoms with van der Waals surface area (Å²) < 4.78 is 28.1. The number of hydrogen-bond donors (Lipinski definition) is 2. The van der Waals surface area contributed by atoms with Gasteiger partial charge in [0, 0.05) is 50.0 Å². The van der Waals surface area contributed by atoms with Crippen LogP contribution >= 0.6 is 0 Å². The van der Waals surface area contributed by atoms with Crippen LogP contribution in [0, 0.1) is 11.6 Å². The zero-order valence-electron chi connectivity index (χ0n) is 20.2. The lowest BCUT2D eigenvalue weighted by atomic mass is 10.1. The average Bonchev–Trinajstić information content (AvgIpc) is 2.86. The zero-order chi connectivity index (χ0) is 25.5. The van der Waals surface area contributed by atoms with Crippen LogP contribution < -0.4 is 16.2 Å². The SMILES string of the molecule is CN1CCN(CCCNC(=O)Nc2cccc(Cn3nc(-c4ccc(F)c(F)c4)ccc3=O)c2)CC1. The second-order valence-corrected chi connectivity index (χ2v) is 8.92. The van der Waals surface area contributed by atoms with Crippen molar-refractivity contribution in [1.82, 2.24) is 24.9 Å². The summed E-state index contributed by atoms with van der Waals surface area (Å²) in [6, 6.07) is 13.1. The number of nitrogens with one attached hydrogen (secondary N) is 2. The third kappa shape index (κ3) is 6.96. The van der Waals surface area contributed by atoms with E-state index in [1.54, 1.807) is 18.2 Å². The molecular formula is C26H30F2N6O2. The zero-order valence-corrected chi connectivity index (χ0v) is 20.2. The maximum Gasteiger partial charge on any atom is 0.319 e. The highest BCUT2D eigenvalue weighted by molar-refractivity contribution is 5.89. The molecule has 2 amide bonds. The van der Waals surface area contributed by atoms with Crippen LogP contribution in [0.3, 0.4) is 0 Å². The number of hydrogen-bond acceptors (Lipinski definition) is 5. The van der Waals surface area contributed by atoms with Gasteiger partial charge < -0.3 is 20.4 Å². The number of amides is 2. The van der Waals surface area contributed by atoms with Crippen LogP contribution in [-0.4, -0.2) is 71.9 Å². The number of halogens is 2. The van der Waals surface area contributed by atoms with E-state index in [1.807, 2.05) is 6.07 Å². The number of anilines is 1.